The number of hydrogen-bond acceptors (Lipinski definition) is 6. The van der Waals surface area contributed by atoms with E-state index in [1.807, 2.05) is 25.1 Å². The summed E-state index contributed by atoms with van der Waals surface area (Å²) in [5.41, 5.74) is 2.68. The van der Waals surface area contributed by atoms with Crippen LogP contribution in [0, 0.1) is 11.3 Å². The van der Waals surface area contributed by atoms with Gasteiger partial charge in [0.25, 0.3) is 0 Å². The van der Waals surface area contributed by atoms with Crippen LogP contribution in [0.5, 0.6) is 11.5 Å². The number of esters is 1. The van der Waals surface area contributed by atoms with Crippen LogP contribution in [0.15, 0.2) is 34.5 Å². The van der Waals surface area contributed by atoms with Gasteiger partial charge in [0.2, 0.25) is 0 Å². The average Bonchev–Trinajstić information content (AvgIpc) is 3.23. The van der Waals surface area contributed by atoms with Crippen molar-refractivity contribution in [2.24, 2.45) is 16.3 Å². The predicted octanol–water partition coefficient (Wildman–Crippen LogP) is 5.01. The molecular weight excluding hydrogens is 406 g/mol. The number of methoxy groups -OCH3 is 2. The molecule has 4 rings (SSSR count). The van der Waals surface area contributed by atoms with Crippen LogP contribution in [0.3, 0.4) is 0 Å². The van der Waals surface area contributed by atoms with Crippen molar-refractivity contribution in [1.82, 2.24) is 0 Å². The quantitative estimate of drug-likeness (QED) is 0.603. The topological polar surface area (TPSA) is 74.2 Å². The number of hydrogen-bond donors (Lipinski definition) is 0. The summed E-state index contributed by atoms with van der Waals surface area (Å²) in [5, 5.41) is 0. The second-order valence-corrected chi connectivity index (χ2v) is 9.94. The second-order valence-electron chi connectivity index (χ2n) is 9.94. The van der Waals surface area contributed by atoms with Gasteiger partial charge in [-0.3, -0.25) is 14.6 Å². The zero-order chi connectivity index (χ0) is 23.0. The van der Waals surface area contributed by atoms with Gasteiger partial charge >= 0.3 is 5.97 Å². The van der Waals surface area contributed by atoms with E-state index in [0.29, 0.717) is 35.6 Å². The normalized spacial score (nSPS) is 25.3. The molecule has 0 aromatic heterocycles. The molecule has 32 heavy (non-hydrogen) atoms. The molecule has 0 spiro atoms. The van der Waals surface area contributed by atoms with Crippen molar-refractivity contribution in [2.75, 3.05) is 14.2 Å². The van der Waals surface area contributed by atoms with Crippen LogP contribution < -0.4 is 9.47 Å². The molecule has 2 aliphatic carbocycles. The van der Waals surface area contributed by atoms with E-state index < -0.39 is 11.8 Å². The lowest BCUT2D eigenvalue weighted by Crippen LogP contribution is -2.40. The van der Waals surface area contributed by atoms with Gasteiger partial charge in [-0.15, -0.1) is 0 Å². The van der Waals surface area contributed by atoms with E-state index in [-0.39, 0.29) is 23.3 Å². The van der Waals surface area contributed by atoms with E-state index >= 15 is 0 Å². The first-order chi connectivity index (χ1) is 15.3. The summed E-state index contributed by atoms with van der Waals surface area (Å²) in [6.07, 6.45) is 4.99. The summed E-state index contributed by atoms with van der Waals surface area (Å²) in [7, 11) is 3.16. The molecule has 0 N–H and O–H groups in total. The zero-order valence-corrected chi connectivity index (χ0v) is 19.7. The molecule has 1 aromatic rings. The van der Waals surface area contributed by atoms with Crippen molar-refractivity contribution in [3.63, 3.8) is 0 Å². The lowest BCUT2D eigenvalue weighted by molar-refractivity contribution is -0.151. The molecule has 0 bridgehead atoms. The van der Waals surface area contributed by atoms with Crippen LogP contribution in [-0.4, -0.2) is 37.8 Å². The molecule has 3 aliphatic rings. The van der Waals surface area contributed by atoms with Crippen molar-refractivity contribution in [3.05, 3.63) is 35.0 Å². The van der Waals surface area contributed by atoms with E-state index in [9.17, 15) is 9.59 Å². The highest BCUT2D eigenvalue weighted by molar-refractivity contribution is 6.09. The predicted molar refractivity (Wildman–Crippen MR) is 122 cm³/mol. The number of allylic oxidation sites excluding steroid dienone is 2. The number of benzene rings is 1. The Labute approximate surface area is 190 Å². The maximum atomic E-state index is 13.5. The van der Waals surface area contributed by atoms with Crippen molar-refractivity contribution in [2.45, 2.75) is 71.3 Å². The maximum Gasteiger partial charge on any atom is 0.315 e. The molecule has 1 aromatic carbocycles. The largest absolute Gasteiger partial charge is 0.493 e. The average molecular weight is 440 g/mol. The van der Waals surface area contributed by atoms with Crippen LogP contribution in [0.25, 0.3) is 0 Å². The molecule has 1 aliphatic heterocycles. The number of aliphatic imine (C=N–C) groups is 1. The Morgan fingerprint density at radius 1 is 1.09 bits per heavy atom. The smallest absolute Gasteiger partial charge is 0.315 e. The molecule has 1 saturated carbocycles. The number of rotatable bonds is 5. The molecule has 1 heterocycles. The fraction of sp³-hybridized carbons (Fsp3) is 0.577. The minimum Gasteiger partial charge on any atom is -0.493 e. The third-order valence-corrected chi connectivity index (χ3v) is 6.91. The number of para-hydroxylation sites is 1. The number of carbonyl (C=O) groups is 2. The molecule has 6 heteroatoms. The minimum absolute atomic E-state index is 0.0426. The summed E-state index contributed by atoms with van der Waals surface area (Å²) >= 11 is 0. The van der Waals surface area contributed by atoms with Crippen molar-refractivity contribution < 1.29 is 23.8 Å². The van der Waals surface area contributed by atoms with Gasteiger partial charge in [-0.2, -0.15) is 0 Å². The highest BCUT2D eigenvalue weighted by Gasteiger charge is 2.47. The standard InChI is InChI=1S/C26H33NO5/c1-15-21(25(29)32-16-9-6-7-10-16)22(17-11-8-12-20(30-4)24(17)31-5)23-18(27-15)13-26(2,3)14-19(23)28/h8,11-12,16,21-22H,6-7,9-10,13-14H2,1-5H3/t21?,22-/m1/s1. The summed E-state index contributed by atoms with van der Waals surface area (Å²) < 4.78 is 17.2. The summed E-state index contributed by atoms with van der Waals surface area (Å²) in [6, 6.07) is 5.60. The van der Waals surface area contributed by atoms with E-state index in [1.165, 1.54) is 0 Å². The molecule has 1 unspecified atom stereocenters. The molecule has 172 valence electrons. The van der Waals surface area contributed by atoms with E-state index in [1.54, 1.807) is 14.2 Å². The van der Waals surface area contributed by atoms with Gasteiger partial charge in [-0.25, -0.2) is 0 Å². The molecule has 2 atom stereocenters. The molecule has 0 radical (unpaired) electrons. The molecular formula is C26H33NO5. The van der Waals surface area contributed by atoms with Crippen LogP contribution in [0.2, 0.25) is 0 Å². The maximum absolute atomic E-state index is 13.5. The van der Waals surface area contributed by atoms with Crippen LogP contribution in [0.4, 0.5) is 0 Å². The van der Waals surface area contributed by atoms with Crippen molar-refractivity contribution in [1.29, 1.82) is 0 Å². The molecule has 0 saturated heterocycles. The zero-order valence-electron chi connectivity index (χ0n) is 19.7. The van der Waals surface area contributed by atoms with Gasteiger partial charge in [0.15, 0.2) is 17.3 Å². The highest BCUT2D eigenvalue weighted by Crippen LogP contribution is 2.51. The Morgan fingerprint density at radius 2 is 1.81 bits per heavy atom. The van der Waals surface area contributed by atoms with Gasteiger partial charge in [0.05, 0.1) is 14.2 Å². The summed E-state index contributed by atoms with van der Waals surface area (Å²) in [6.45, 7) is 6.04. The molecule has 0 amide bonds. The van der Waals surface area contributed by atoms with Gasteiger partial charge < -0.3 is 14.2 Å². The van der Waals surface area contributed by atoms with Crippen LogP contribution >= 0.6 is 0 Å². The minimum atomic E-state index is -0.666. The Balaban J connectivity index is 1.85. The van der Waals surface area contributed by atoms with Gasteiger partial charge in [0.1, 0.15) is 12.0 Å². The number of ether oxygens (including phenoxy) is 3. The molecule has 1 fully saturated rings. The fourth-order valence-corrected chi connectivity index (χ4v) is 5.49. The number of ketones is 1. The Hall–Kier alpha value is -2.63. The Bertz CT molecular complexity index is 984. The first kappa shape index (κ1) is 22.6. The third-order valence-electron chi connectivity index (χ3n) is 6.91. The van der Waals surface area contributed by atoms with Gasteiger partial charge in [-0.1, -0.05) is 26.0 Å². The molecule has 6 nitrogen and oxygen atoms in total. The highest BCUT2D eigenvalue weighted by atomic mass is 16.5. The van der Waals surface area contributed by atoms with Crippen molar-refractivity contribution >= 4 is 17.5 Å². The Morgan fingerprint density at radius 3 is 2.47 bits per heavy atom. The van der Waals surface area contributed by atoms with E-state index in [2.05, 4.69) is 13.8 Å². The Kier molecular flexibility index (Phi) is 6.15. The number of carbonyl (C=O) groups excluding carboxylic acids is 2. The van der Waals surface area contributed by atoms with E-state index in [0.717, 1.165) is 36.9 Å². The number of Topliss-reactive ketones (excluding diaryl/α,β-unsaturated/α-hetero) is 1. The van der Waals surface area contributed by atoms with E-state index in [4.69, 9.17) is 19.2 Å². The lowest BCUT2D eigenvalue weighted by Gasteiger charge is -2.39. The summed E-state index contributed by atoms with van der Waals surface area (Å²) in [4.78, 5) is 31.8. The van der Waals surface area contributed by atoms with Crippen molar-refractivity contribution in [3.8, 4) is 11.5 Å². The van der Waals surface area contributed by atoms with Gasteiger partial charge in [0, 0.05) is 34.9 Å². The SMILES string of the molecule is COc1cccc([C@H]2C3=C(CC(C)(C)CC3=O)N=C(C)C2C(=O)OC2CCCC2)c1OC. The van der Waals surface area contributed by atoms with Gasteiger partial charge in [-0.05, 0) is 50.5 Å². The first-order valence-corrected chi connectivity index (χ1v) is 11.5. The fourth-order valence-electron chi connectivity index (χ4n) is 5.49. The van der Waals surface area contributed by atoms with Crippen LogP contribution in [0.1, 0.15) is 70.8 Å². The number of nitrogens with zero attached hydrogens (tertiary/aromatic N) is 1. The third kappa shape index (κ3) is 4.07. The lowest BCUT2D eigenvalue weighted by atomic mass is 9.66. The second kappa shape index (κ2) is 8.72. The monoisotopic (exact) mass is 439 g/mol. The van der Waals surface area contributed by atoms with Crippen LogP contribution in [-0.2, 0) is 14.3 Å². The summed E-state index contributed by atoms with van der Waals surface area (Å²) in [5.74, 6) is -0.333. The first-order valence-electron chi connectivity index (χ1n) is 11.5.